The maximum absolute atomic E-state index is 11.1. The van der Waals surface area contributed by atoms with Crippen LogP contribution in [0.1, 0.15) is 6.42 Å². The van der Waals surface area contributed by atoms with Crippen LogP contribution >= 0.6 is 11.8 Å². The summed E-state index contributed by atoms with van der Waals surface area (Å²) in [6, 6.07) is 0. The molecule has 2 saturated heterocycles. The number of carbonyl (C=O) groups excluding carboxylic acids is 1. The molecule has 0 aromatic rings. The fourth-order valence-electron chi connectivity index (χ4n) is 1.35. The van der Waals surface area contributed by atoms with E-state index >= 15 is 0 Å². The summed E-state index contributed by atoms with van der Waals surface area (Å²) in [5.74, 6) is 3.11. The van der Waals surface area contributed by atoms with Crippen LogP contribution in [0.15, 0.2) is 0 Å². The summed E-state index contributed by atoms with van der Waals surface area (Å²) in [5, 5.41) is 0. The van der Waals surface area contributed by atoms with E-state index in [-0.39, 0.29) is 6.10 Å². The average molecular weight is 158 g/mol. The molecule has 2 nitrogen and oxygen atoms in total. The van der Waals surface area contributed by atoms with Gasteiger partial charge in [-0.3, -0.25) is 4.79 Å². The van der Waals surface area contributed by atoms with Crippen LogP contribution in [-0.4, -0.2) is 30.0 Å². The lowest BCUT2D eigenvalue weighted by molar-refractivity contribution is -0.124. The van der Waals surface area contributed by atoms with E-state index in [0.717, 1.165) is 11.5 Å². The van der Waals surface area contributed by atoms with Crippen LogP contribution in [0.2, 0.25) is 0 Å². The van der Waals surface area contributed by atoms with E-state index in [1.807, 2.05) is 11.8 Å². The predicted molar refractivity (Wildman–Crippen MR) is 40.2 cm³/mol. The minimum Gasteiger partial charge on any atom is -0.370 e. The summed E-state index contributed by atoms with van der Waals surface area (Å²) in [6.07, 6.45) is 0.618. The van der Waals surface area contributed by atoms with E-state index in [9.17, 15) is 4.79 Å². The van der Waals surface area contributed by atoms with Crippen LogP contribution in [0.3, 0.4) is 0 Å². The molecule has 0 saturated carbocycles. The van der Waals surface area contributed by atoms with Crippen LogP contribution in [0.5, 0.6) is 0 Å². The van der Waals surface area contributed by atoms with E-state index in [1.54, 1.807) is 0 Å². The first-order chi connectivity index (χ1) is 4.88. The number of ether oxygens (including phenoxy) is 1. The molecule has 2 rings (SSSR count). The zero-order chi connectivity index (χ0) is 6.97. The van der Waals surface area contributed by atoms with Crippen molar-refractivity contribution in [3.63, 3.8) is 0 Å². The maximum Gasteiger partial charge on any atom is 0.164 e. The van der Waals surface area contributed by atoms with E-state index in [4.69, 9.17) is 4.74 Å². The molecule has 2 heterocycles. The molecule has 0 aromatic heterocycles. The fraction of sp³-hybridized carbons (Fsp3) is 0.857. The molecule has 1 unspecified atom stereocenters. The highest BCUT2D eigenvalue weighted by Gasteiger charge is 2.36. The van der Waals surface area contributed by atoms with E-state index in [2.05, 4.69) is 0 Å². The highest BCUT2D eigenvalue weighted by atomic mass is 32.2. The van der Waals surface area contributed by atoms with Gasteiger partial charge in [-0.05, 0) is 11.5 Å². The second-order valence-electron chi connectivity index (χ2n) is 2.81. The molecule has 0 aliphatic carbocycles. The van der Waals surface area contributed by atoms with Crippen molar-refractivity contribution < 1.29 is 9.53 Å². The van der Waals surface area contributed by atoms with Gasteiger partial charge in [0.15, 0.2) is 5.78 Å². The molecular formula is C7H10O2S. The van der Waals surface area contributed by atoms with Gasteiger partial charge in [-0.2, -0.15) is 11.8 Å². The molecule has 0 spiro atoms. The van der Waals surface area contributed by atoms with Crippen LogP contribution in [-0.2, 0) is 9.53 Å². The summed E-state index contributed by atoms with van der Waals surface area (Å²) in [4.78, 5) is 11.1. The van der Waals surface area contributed by atoms with Crippen molar-refractivity contribution in [2.75, 3.05) is 18.1 Å². The number of thioether (sulfide) groups is 1. The summed E-state index contributed by atoms with van der Waals surface area (Å²) in [7, 11) is 0. The highest BCUT2D eigenvalue weighted by Crippen LogP contribution is 2.31. The lowest BCUT2D eigenvalue weighted by Gasteiger charge is -2.28. The van der Waals surface area contributed by atoms with E-state index in [1.165, 1.54) is 0 Å². The number of hydrogen-bond donors (Lipinski definition) is 0. The molecule has 2 aliphatic rings. The number of rotatable bonds is 1. The third kappa shape index (κ3) is 0.974. The van der Waals surface area contributed by atoms with E-state index < -0.39 is 0 Å². The predicted octanol–water partition coefficient (Wildman–Crippen LogP) is 0.707. The zero-order valence-electron chi connectivity index (χ0n) is 5.71. The lowest BCUT2D eigenvalue weighted by atomic mass is 10.0. The van der Waals surface area contributed by atoms with Crippen molar-refractivity contribution >= 4 is 17.5 Å². The average Bonchev–Trinajstić information content (AvgIpc) is 2.12. The molecule has 10 heavy (non-hydrogen) atoms. The van der Waals surface area contributed by atoms with Crippen LogP contribution in [0.4, 0.5) is 0 Å². The van der Waals surface area contributed by atoms with Crippen molar-refractivity contribution in [1.82, 2.24) is 0 Å². The lowest BCUT2D eigenvalue weighted by Crippen LogP contribution is -2.35. The molecule has 0 bridgehead atoms. The van der Waals surface area contributed by atoms with Crippen LogP contribution in [0.25, 0.3) is 0 Å². The first-order valence-corrected chi connectivity index (χ1v) is 4.75. The van der Waals surface area contributed by atoms with Gasteiger partial charge in [-0.25, -0.2) is 0 Å². The number of Topliss-reactive ketones (excluding diaryl/α,β-unsaturated/α-hetero) is 1. The number of carbonyl (C=O) groups is 1. The van der Waals surface area contributed by atoms with Gasteiger partial charge in [0.25, 0.3) is 0 Å². The van der Waals surface area contributed by atoms with Crippen LogP contribution < -0.4 is 0 Å². The van der Waals surface area contributed by atoms with Crippen molar-refractivity contribution in [2.24, 2.45) is 5.92 Å². The highest BCUT2D eigenvalue weighted by molar-refractivity contribution is 8.00. The SMILES string of the molecule is O=C1CCOC1C1CSC1. The quantitative estimate of drug-likeness (QED) is 0.562. The Morgan fingerprint density at radius 2 is 2.30 bits per heavy atom. The van der Waals surface area contributed by atoms with Crippen LogP contribution in [0, 0.1) is 5.92 Å². The molecular weight excluding hydrogens is 148 g/mol. The summed E-state index contributed by atoms with van der Waals surface area (Å²) < 4.78 is 5.31. The second-order valence-corrected chi connectivity index (χ2v) is 3.88. The summed E-state index contributed by atoms with van der Waals surface area (Å²) in [5.41, 5.74) is 0. The van der Waals surface area contributed by atoms with Gasteiger partial charge in [0.05, 0.1) is 6.61 Å². The Morgan fingerprint density at radius 1 is 1.50 bits per heavy atom. The van der Waals surface area contributed by atoms with Gasteiger partial charge in [-0.15, -0.1) is 0 Å². The Bertz CT molecular complexity index is 154. The molecule has 0 radical (unpaired) electrons. The van der Waals surface area contributed by atoms with Crippen molar-refractivity contribution in [3.05, 3.63) is 0 Å². The van der Waals surface area contributed by atoms with Gasteiger partial charge in [0.2, 0.25) is 0 Å². The van der Waals surface area contributed by atoms with Gasteiger partial charge in [0.1, 0.15) is 6.10 Å². The fourth-order valence-corrected chi connectivity index (χ4v) is 2.21. The number of hydrogen-bond acceptors (Lipinski definition) is 3. The molecule has 0 N–H and O–H groups in total. The molecule has 3 heteroatoms. The molecule has 1 atom stereocenters. The Balaban J connectivity index is 1.96. The largest absolute Gasteiger partial charge is 0.370 e. The monoisotopic (exact) mass is 158 g/mol. The second kappa shape index (κ2) is 2.55. The Labute approximate surface area is 64.3 Å². The summed E-state index contributed by atoms with van der Waals surface area (Å²) in [6.45, 7) is 0.657. The van der Waals surface area contributed by atoms with Gasteiger partial charge in [-0.1, -0.05) is 0 Å². The first kappa shape index (κ1) is 6.68. The number of ketones is 1. The third-order valence-corrected chi connectivity index (χ3v) is 3.38. The summed E-state index contributed by atoms with van der Waals surface area (Å²) >= 11 is 1.90. The van der Waals surface area contributed by atoms with Crippen molar-refractivity contribution in [2.45, 2.75) is 12.5 Å². The van der Waals surface area contributed by atoms with Crippen molar-refractivity contribution in [3.8, 4) is 0 Å². The van der Waals surface area contributed by atoms with Gasteiger partial charge in [0, 0.05) is 12.3 Å². The Hall–Kier alpha value is -0.0200. The smallest absolute Gasteiger partial charge is 0.164 e. The molecule has 2 fully saturated rings. The minimum absolute atomic E-state index is 0.0266. The standard InChI is InChI=1S/C7H10O2S/c8-6-1-2-9-7(6)5-3-10-4-5/h5,7H,1-4H2. The van der Waals surface area contributed by atoms with Gasteiger partial charge >= 0.3 is 0 Å². The molecule has 0 amide bonds. The minimum atomic E-state index is -0.0266. The van der Waals surface area contributed by atoms with Crippen molar-refractivity contribution in [1.29, 1.82) is 0 Å². The first-order valence-electron chi connectivity index (χ1n) is 3.60. The topological polar surface area (TPSA) is 26.3 Å². The molecule has 56 valence electrons. The zero-order valence-corrected chi connectivity index (χ0v) is 6.52. The molecule has 2 aliphatic heterocycles. The Morgan fingerprint density at radius 3 is 2.70 bits per heavy atom. The molecule has 0 aromatic carbocycles. The Kier molecular flexibility index (Phi) is 1.70. The van der Waals surface area contributed by atoms with E-state index in [0.29, 0.717) is 24.7 Å². The normalized spacial score (nSPS) is 34.4. The third-order valence-electron chi connectivity index (χ3n) is 2.06. The maximum atomic E-state index is 11.1. The van der Waals surface area contributed by atoms with Gasteiger partial charge < -0.3 is 4.74 Å².